The first-order valence-corrected chi connectivity index (χ1v) is 10.4. The Labute approximate surface area is 153 Å². The van der Waals surface area contributed by atoms with E-state index < -0.39 is 0 Å². The molecular weight excluding hydrogens is 340 g/mol. The number of nitrogens with zero attached hydrogens (tertiary/aromatic N) is 2. The second-order valence-electron chi connectivity index (χ2n) is 6.97. The van der Waals surface area contributed by atoms with Gasteiger partial charge in [-0.05, 0) is 36.6 Å². The molecule has 2 aliphatic heterocycles. The number of carbonyl (C=O) groups is 1. The predicted molar refractivity (Wildman–Crippen MR) is 97.8 cm³/mol. The molecule has 2 aliphatic rings. The summed E-state index contributed by atoms with van der Waals surface area (Å²) in [5.41, 5.74) is 0. The van der Waals surface area contributed by atoms with Gasteiger partial charge in [-0.25, -0.2) is 0 Å². The van der Waals surface area contributed by atoms with Gasteiger partial charge in [0.25, 0.3) is 5.91 Å². The zero-order chi connectivity index (χ0) is 17.6. The van der Waals surface area contributed by atoms with Gasteiger partial charge in [-0.2, -0.15) is 11.8 Å². The van der Waals surface area contributed by atoms with Crippen molar-refractivity contribution in [2.75, 3.05) is 58.8 Å². The molecule has 2 saturated heterocycles. The van der Waals surface area contributed by atoms with Crippen LogP contribution in [-0.2, 0) is 10.5 Å². The first-order valence-electron chi connectivity index (χ1n) is 8.97. The van der Waals surface area contributed by atoms with Crippen LogP contribution in [0.4, 0.5) is 0 Å². The summed E-state index contributed by atoms with van der Waals surface area (Å²) in [6.07, 6.45) is 2.98. The van der Waals surface area contributed by atoms with Crippen molar-refractivity contribution in [1.29, 1.82) is 0 Å². The summed E-state index contributed by atoms with van der Waals surface area (Å²) in [7, 11) is 0. The summed E-state index contributed by atoms with van der Waals surface area (Å²) in [4.78, 5) is 17.1. The van der Waals surface area contributed by atoms with Crippen LogP contribution in [0.1, 0.15) is 22.7 Å². The van der Waals surface area contributed by atoms with Crippen molar-refractivity contribution in [3.05, 3.63) is 23.7 Å². The third-order valence-corrected chi connectivity index (χ3v) is 5.52. The van der Waals surface area contributed by atoms with Gasteiger partial charge in [-0.15, -0.1) is 0 Å². The van der Waals surface area contributed by atoms with Gasteiger partial charge >= 0.3 is 0 Å². The highest BCUT2D eigenvalue weighted by molar-refractivity contribution is 7.97. The molecule has 1 aromatic rings. The highest BCUT2D eigenvalue weighted by Gasteiger charge is 2.32. The fraction of sp³-hybridized carbons (Fsp3) is 0.722. The molecule has 1 amide bonds. The number of amides is 1. The summed E-state index contributed by atoms with van der Waals surface area (Å²) in [6.45, 7) is 5.87. The Bertz CT molecular complexity index is 559. The summed E-state index contributed by atoms with van der Waals surface area (Å²) >= 11 is 1.67. The van der Waals surface area contributed by atoms with Gasteiger partial charge in [0, 0.05) is 39.3 Å². The maximum absolute atomic E-state index is 12.8. The number of hydrogen-bond acceptors (Lipinski definition) is 6. The van der Waals surface area contributed by atoms with Crippen LogP contribution in [0.3, 0.4) is 0 Å². The number of carbonyl (C=O) groups excluding carboxylic acids is 1. The minimum absolute atomic E-state index is 0.0579. The molecule has 0 spiro atoms. The van der Waals surface area contributed by atoms with Crippen molar-refractivity contribution < 1.29 is 19.1 Å². The van der Waals surface area contributed by atoms with Crippen molar-refractivity contribution in [2.45, 2.75) is 12.2 Å². The summed E-state index contributed by atoms with van der Waals surface area (Å²) < 4.78 is 11.1. The number of ether oxygens (including phenoxy) is 1. The molecule has 0 saturated carbocycles. The predicted octanol–water partition coefficient (Wildman–Crippen LogP) is 1.55. The molecule has 0 bridgehead atoms. The molecule has 3 rings (SSSR count). The lowest BCUT2D eigenvalue weighted by Crippen LogP contribution is -2.49. The summed E-state index contributed by atoms with van der Waals surface area (Å²) in [5, 5.41) is 9.66. The average molecular weight is 368 g/mol. The van der Waals surface area contributed by atoms with Crippen molar-refractivity contribution in [2.24, 2.45) is 11.8 Å². The van der Waals surface area contributed by atoms with E-state index in [1.165, 1.54) is 0 Å². The lowest BCUT2D eigenvalue weighted by molar-refractivity contribution is 0.0123. The second-order valence-corrected chi connectivity index (χ2v) is 7.84. The van der Waals surface area contributed by atoms with E-state index in [2.05, 4.69) is 4.90 Å². The number of likely N-dealkylation sites (tertiary alicyclic amines) is 1. The summed E-state index contributed by atoms with van der Waals surface area (Å²) in [6, 6.07) is 3.65. The Morgan fingerprint density at radius 1 is 1.28 bits per heavy atom. The topological polar surface area (TPSA) is 66.2 Å². The first-order chi connectivity index (χ1) is 12.2. The SMILES string of the molecule is CSCc1ccc(C(=O)N2C[C@@H](CN3CCOCC3)C[C@H](CO)C2)o1. The van der Waals surface area contributed by atoms with E-state index in [4.69, 9.17) is 9.15 Å². The van der Waals surface area contributed by atoms with Crippen LogP contribution in [0.2, 0.25) is 0 Å². The maximum Gasteiger partial charge on any atom is 0.289 e. The van der Waals surface area contributed by atoms with Crippen LogP contribution in [0.25, 0.3) is 0 Å². The Morgan fingerprint density at radius 3 is 2.76 bits per heavy atom. The first kappa shape index (κ1) is 18.8. The monoisotopic (exact) mass is 368 g/mol. The smallest absolute Gasteiger partial charge is 0.289 e. The van der Waals surface area contributed by atoms with Gasteiger partial charge in [-0.3, -0.25) is 9.69 Å². The standard InChI is InChI=1S/C18H28N2O4S/c1-25-13-16-2-3-17(24-16)18(22)20-10-14(8-15(11-20)12-21)9-19-4-6-23-7-5-19/h2-3,14-15,21H,4-13H2,1H3/t14-,15+/m1/s1. The van der Waals surface area contributed by atoms with E-state index in [-0.39, 0.29) is 18.4 Å². The quantitative estimate of drug-likeness (QED) is 0.822. The third-order valence-electron chi connectivity index (χ3n) is 4.95. The van der Waals surface area contributed by atoms with E-state index in [1.807, 2.05) is 17.2 Å². The molecule has 0 aromatic carbocycles. The number of aliphatic hydroxyl groups is 1. The van der Waals surface area contributed by atoms with E-state index >= 15 is 0 Å². The average Bonchev–Trinajstić information content (AvgIpc) is 3.10. The van der Waals surface area contributed by atoms with Gasteiger partial charge in [0.1, 0.15) is 5.76 Å². The molecule has 1 aromatic heterocycles. The van der Waals surface area contributed by atoms with E-state index in [1.54, 1.807) is 17.8 Å². The highest BCUT2D eigenvalue weighted by atomic mass is 32.2. The molecule has 6 nitrogen and oxygen atoms in total. The Kier molecular flexibility index (Phi) is 6.81. The van der Waals surface area contributed by atoms with Gasteiger partial charge < -0.3 is 19.2 Å². The van der Waals surface area contributed by atoms with Crippen LogP contribution in [0, 0.1) is 11.8 Å². The second kappa shape index (κ2) is 9.07. The normalized spacial score (nSPS) is 25.3. The minimum atomic E-state index is -0.0579. The zero-order valence-electron chi connectivity index (χ0n) is 14.9. The van der Waals surface area contributed by atoms with E-state index in [0.717, 1.165) is 57.3 Å². The Morgan fingerprint density at radius 2 is 2.04 bits per heavy atom. The number of thioether (sulfide) groups is 1. The van der Waals surface area contributed by atoms with Crippen LogP contribution >= 0.6 is 11.8 Å². The third kappa shape index (κ3) is 5.00. The number of rotatable bonds is 6. The molecule has 25 heavy (non-hydrogen) atoms. The molecular formula is C18H28N2O4S. The fourth-order valence-corrected chi connectivity index (χ4v) is 4.21. The lowest BCUT2D eigenvalue weighted by Gasteiger charge is -2.39. The zero-order valence-corrected chi connectivity index (χ0v) is 15.7. The van der Waals surface area contributed by atoms with Gasteiger partial charge in [-0.1, -0.05) is 0 Å². The highest BCUT2D eigenvalue weighted by Crippen LogP contribution is 2.25. The number of aliphatic hydroxyl groups excluding tert-OH is 1. The largest absolute Gasteiger partial charge is 0.455 e. The van der Waals surface area contributed by atoms with Crippen LogP contribution < -0.4 is 0 Å². The number of piperidine rings is 1. The number of hydrogen-bond donors (Lipinski definition) is 1. The van der Waals surface area contributed by atoms with Gasteiger partial charge in [0.05, 0.1) is 19.0 Å². The number of morpholine rings is 1. The molecule has 7 heteroatoms. The number of furan rings is 1. The van der Waals surface area contributed by atoms with Crippen LogP contribution in [-0.4, -0.2) is 79.6 Å². The minimum Gasteiger partial charge on any atom is -0.455 e. The van der Waals surface area contributed by atoms with Crippen molar-refractivity contribution >= 4 is 17.7 Å². The molecule has 2 fully saturated rings. The molecule has 0 aliphatic carbocycles. The maximum atomic E-state index is 12.8. The molecule has 0 unspecified atom stereocenters. The van der Waals surface area contributed by atoms with Crippen molar-refractivity contribution in [1.82, 2.24) is 9.80 Å². The molecule has 3 heterocycles. The Balaban J connectivity index is 1.63. The Hall–Kier alpha value is -1.02. The molecule has 2 atom stereocenters. The van der Waals surface area contributed by atoms with E-state index in [0.29, 0.717) is 18.2 Å². The van der Waals surface area contributed by atoms with Gasteiger partial charge in [0.15, 0.2) is 5.76 Å². The molecule has 140 valence electrons. The molecule has 0 radical (unpaired) electrons. The van der Waals surface area contributed by atoms with E-state index in [9.17, 15) is 9.90 Å². The van der Waals surface area contributed by atoms with Gasteiger partial charge in [0.2, 0.25) is 0 Å². The lowest BCUT2D eigenvalue weighted by atomic mass is 9.89. The van der Waals surface area contributed by atoms with Crippen molar-refractivity contribution in [3.8, 4) is 0 Å². The van der Waals surface area contributed by atoms with Crippen LogP contribution in [0.15, 0.2) is 16.5 Å². The summed E-state index contributed by atoms with van der Waals surface area (Å²) in [5.74, 6) is 2.48. The fourth-order valence-electron chi connectivity index (χ4n) is 3.77. The van der Waals surface area contributed by atoms with Crippen LogP contribution in [0.5, 0.6) is 0 Å². The van der Waals surface area contributed by atoms with Crippen molar-refractivity contribution in [3.63, 3.8) is 0 Å². The molecule has 1 N–H and O–H groups in total.